The zero-order valence-electron chi connectivity index (χ0n) is 10.6. The van der Waals surface area contributed by atoms with Crippen LogP contribution in [0.15, 0.2) is 28.9 Å². The molecule has 0 N–H and O–H groups in total. The molecule has 0 unspecified atom stereocenters. The zero-order valence-corrected chi connectivity index (χ0v) is 11.3. The van der Waals surface area contributed by atoms with Gasteiger partial charge in [0.05, 0.1) is 12.8 Å². The first-order valence-electron chi connectivity index (χ1n) is 6.03. The van der Waals surface area contributed by atoms with Gasteiger partial charge in [0.2, 0.25) is 0 Å². The molecule has 2 heterocycles. The van der Waals surface area contributed by atoms with Crippen LogP contribution in [0.25, 0.3) is 0 Å². The molecule has 0 aliphatic heterocycles. The summed E-state index contributed by atoms with van der Waals surface area (Å²) in [7, 11) is 0. The lowest BCUT2D eigenvalue weighted by Gasteiger charge is -2.21. The maximum atomic E-state index is 6.01. The summed E-state index contributed by atoms with van der Waals surface area (Å²) in [6.45, 7) is 5.60. The molecular formula is C13H16ClN3O. The molecule has 4 nitrogen and oxygen atoms in total. The summed E-state index contributed by atoms with van der Waals surface area (Å²) in [5.74, 6) is 2.51. The molecule has 96 valence electrons. The van der Waals surface area contributed by atoms with Crippen LogP contribution >= 0.6 is 11.6 Å². The van der Waals surface area contributed by atoms with Gasteiger partial charge in [-0.2, -0.15) is 0 Å². The van der Waals surface area contributed by atoms with Crippen LogP contribution in [0.1, 0.15) is 25.4 Å². The minimum atomic E-state index is 0.481. The number of furan rings is 1. The first-order chi connectivity index (χ1) is 8.72. The molecular weight excluding hydrogens is 250 g/mol. The van der Waals surface area contributed by atoms with Gasteiger partial charge < -0.3 is 9.32 Å². The second-order valence-corrected chi connectivity index (χ2v) is 4.30. The van der Waals surface area contributed by atoms with E-state index in [-0.39, 0.29) is 0 Å². The average Bonchev–Trinajstić information content (AvgIpc) is 2.88. The van der Waals surface area contributed by atoms with E-state index in [2.05, 4.69) is 21.8 Å². The fraction of sp³-hybridized carbons (Fsp3) is 0.385. The predicted octanol–water partition coefficient (Wildman–Crippen LogP) is 3.31. The molecule has 0 spiro atoms. The highest BCUT2D eigenvalue weighted by Crippen LogP contribution is 2.18. The van der Waals surface area contributed by atoms with E-state index in [0.717, 1.165) is 30.4 Å². The van der Waals surface area contributed by atoms with Crippen LogP contribution in [0.4, 0.5) is 5.82 Å². The van der Waals surface area contributed by atoms with Crippen molar-refractivity contribution >= 4 is 17.4 Å². The highest BCUT2D eigenvalue weighted by atomic mass is 35.5. The van der Waals surface area contributed by atoms with Gasteiger partial charge in [0.15, 0.2) is 0 Å². The molecule has 18 heavy (non-hydrogen) atoms. The molecule has 5 heteroatoms. The van der Waals surface area contributed by atoms with E-state index in [1.807, 2.05) is 19.1 Å². The van der Waals surface area contributed by atoms with Crippen molar-refractivity contribution in [3.63, 3.8) is 0 Å². The van der Waals surface area contributed by atoms with E-state index in [0.29, 0.717) is 11.7 Å². The Morgan fingerprint density at radius 1 is 1.33 bits per heavy atom. The Morgan fingerprint density at radius 3 is 2.78 bits per heavy atom. The van der Waals surface area contributed by atoms with E-state index >= 15 is 0 Å². The highest BCUT2D eigenvalue weighted by molar-refractivity contribution is 6.29. The summed E-state index contributed by atoms with van der Waals surface area (Å²) in [6, 6.07) is 5.62. The Morgan fingerprint density at radius 2 is 2.17 bits per heavy atom. The minimum Gasteiger partial charge on any atom is -0.467 e. The van der Waals surface area contributed by atoms with Gasteiger partial charge in [-0.05, 0) is 19.1 Å². The van der Waals surface area contributed by atoms with Gasteiger partial charge in [-0.15, -0.1) is 0 Å². The molecule has 0 bridgehead atoms. The van der Waals surface area contributed by atoms with Crippen molar-refractivity contribution in [2.45, 2.75) is 26.8 Å². The third-order valence-electron chi connectivity index (χ3n) is 2.68. The van der Waals surface area contributed by atoms with Crippen molar-refractivity contribution in [3.8, 4) is 0 Å². The standard InChI is InChI=1S/C13H16ClN3O/c1-3-12-15-11(14)8-13(16-12)17(4-2)9-10-6-5-7-18-10/h5-8H,3-4,9H2,1-2H3. The van der Waals surface area contributed by atoms with E-state index < -0.39 is 0 Å². The summed E-state index contributed by atoms with van der Waals surface area (Å²) in [6.07, 6.45) is 2.44. The normalized spacial score (nSPS) is 10.6. The van der Waals surface area contributed by atoms with Gasteiger partial charge in [-0.1, -0.05) is 18.5 Å². The van der Waals surface area contributed by atoms with Gasteiger partial charge in [0, 0.05) is 19.0 Å². The van der Waals surface area contributed by atoms with Gasteiger partial charge in [0.25, 0.3) is 0 Å². The molecule has 0 aliphatic carbocycles. The topological polar surface area (TPSA) is 42.2 Å². The SMILES string of the molecule is CCc1nc(Cl)cc(N(CC)Cc2ccco2)n1. The Balaban J connectivity index is 2.24. The number of rotatable bonds is 5. The predicted molar refractivity (Wildman–Crippen MR) is 71.9 cm³/mol. The Kier molecular flexibility index (Phi) is 4.20. The van der Waals surface area contributed by atoms with Crippen LogP contribution in [-0.2, 0) is 13.0 Å². The molecule has 0 amide bonds. The second kappa shape index (κ2) is 5.87. The summed E-state index contributed by atoms with van der Waals surface area (Å²) >= 11 is 6.01. The number of anilines is 1. The minimum absolute atomic E-state index is 0.481. The smallest absolute Gasteiger partial charge is 0.134 e. The number of hydrogen-bond donors (Lipinski definition) is 0. The Hall–Kier alpha value is -1.55. The maximum Gasteiger partial charge on any atom is 0.134 e. The molecule has 2 rings (SSSR count). The second-order valence-electron chi connectivity index (χ2n) is 3.91. The fourth-order valence-electron chi connectivity index (χ4n) is 1.72. The van der Waals surface area contributed by atoms with Crippen LogP contribution in [0.3, 0.4) is 0 Å². The van der Waals surface area contributed by atoms with E-state index in [4.69, 9.17) is 16.0 Å². The van der Waals surface area contributed by atoms with Crippen molar-refractivity contribution < 1.29 is 4.42 Å². The summed E-state index contributed by atoms with van der Waals surface area (Å²) in [4.78, 5) is 10.8. The van der Waals surface area contributed by atoms with Crippen LogP contribution in [0, 0.1) is 0 Å². The van der Waals surface area contributed by atoms with E-state index in [9.17, 15) is 0 Å². The monoisotopic (exact) mass is 265 g/mol. The first-order valence-corrected chi connectivity index (χ1v) is 6.41. The Bertz CT molecular complexity index is 499. The van der Waals surface area contributed by atoms with Crippen molar-refractivity contribution in [2.24, 2.45) is 0 Å². The summed E-state index contributed by atoms with van der Waals surface area (Å²) < 4.78 is 5.36. The largest absolute Gasteiger partial charge is 0.467 e. The molecule has 0 saturated heterocycles. The van der Waals surface area contributed by atoms with Crippen molar-refractivity contribution in [1.82, 2.24) is 9.97 Å². The summed E-state index contributed by atoms with van der Waals surface area (Å²) in [5, 5.41) is 0.481. The Labute approximate surface area is 112 Å². The lowest BCUT2D eigenvalue weighted by atomic mass is 10.3. The van der Waals surface area contributed by atoms with E-state index in [1.54, 1.807) is 12.3 Å². The van der Waals surface area contributed by atoms with Crippen molar-refractivity contribution in [1.29, 1.82) is 0 Å². The highest BCUT2D eigenvalue weighted by Gasteiger charge is 2.11. The summed E-state index contributed by atoms with van der Waals surface area (Å²) in [5.41, 5.74) is 0. The van der Waals surface area contributed by atoms with Gasteiger partial charge in [-0.25, -0.2) is 9.97 Å². The average molecular weight is 266 g/mol. The third kappa shape index (κ3) is 3.01. The van der Waals surface area contributed by atoms with Gasteiger partial charge >= 0.3 is 0 Å². The van der Waals surface area contributed by atoms with Gasteiger partial charge in [-0.3, -0.25) is 0 Å². The van der Waals surface area contributed by atoms with E-state index in [1.165, 1.54) is 0 Å². The number of aryl methyl sites for hydroxylation is 1. The molecule has 0 aromatic carbocycles. The molecule has 0 radical (unpaired) electrons. The third-order valence-corrected chi connectivity index (χ3v) is 2.87. The lowest BCUT2D eigenvalue weighted by molar-refractivity contribution is 0.502. The van der Waals surface area contributed by atoms with Crippen LogP contribution in [-0.4, -0.2) is 16.5 Å². The number of aromatic nitrogens is 2. The quantitative estimate of drug-likeness (QED) is 0.778. The fourth-order valence-corrected chi connectivity index (χ4v) is 1.91. The number of nitrogens with zero attached hydrogens (tertiary/aromatic N) is 3. The van der Waals surface area contributed by atoms with Crippen LogP contribution in [0.2, 0.25) is 5.15 Å². The van der Waals surface area contributed by atoms with Crippen LogP contribution in [0.5, 0.6) is 0 Å². The van der Waals surface area contributed by atoms with Gasteiger partial charge in [0.1, 0.15) is 22.6 Å². The molecule has 0 fully saturated rings. The lowest BCUT2D eigenvalue weighted by Crippen LogP contribution is -2.23. The maximum absolute atomic E-state index is 6.01. The first kappa shape index (κ1) is 12.9. The molecule has 0 aliphatic rings. The van der Waals surface area contributed by atoms with Crippen molar-refractivity contribution in [2.75, 3.05) is 11.4 Å². The van der Waals surface area contributed by atoms with Crippen LogP contribution < -0.4 is 4.90 Å². The molecule has 2 aromatic rings. The zero-order chi connectivity index (χ0) is 13.0. The molecule has 2 aromatic heterocycles. The number of hydrogen-bond acceptors (Lipinski definition) is 4. The molecule has 0 atom stereocenters. The van der Waals surface area contributed by atoms with Crippen molar-refractivity contribution in [3.05, 3.63) is 41.2 Å². The number of halogens is 1. The molecule has 0 saturated carbocycles.